The molecule has 1 aliphatic heterocycles. The summed E-state index contributed by atoms with van der Waals surface area (Å²) in [7, 11) is 1.41. The van der Waals surface area contributed by atoms with Gasteiger partial charge in [-0.25, -0.2) is 0 Å². The lowest BCUT2D eigenvalue weighted by molar-refractivity contribution is -0.140. The minimum absolute atomic E-state index is 0.172. The third-order valence-corrected chi connectivity index (χ3v) is 2.98. The predicted octanol–water partition coefficient (Wildman–Crippen LogP) is 1.31. The van der Waals surface area contributed by atoms with Gasteiger partial charge < -0.3 is 15.4 Å². The van der Waals surface area contributed by atoms with Gasteiger partial charge in [-0.1, -0.05) is 18.2 Å². The van der Waals surface area contributed by atoms with Crippen LogP contribution in [0.4, 0.5) is 5.69 Å². The van der Waals surface area contributed by atoms with Crippen molar-refractivity contribution in [2.75, 3.05) is 25.5 Å². The van der Waals surface area contributed by atoms with Crippen LogP contribution in [0.25, 0.3) is 0 Å². The first kappa shape index (κ1) is 11.9. The summed E-state index contributed by atoms with van der Waals surface area (Å²) >= 11 is 0. The van der Waals surface area contributed by atoms with E-state index in [1.807, 2.05) is 0 Å². The average Bonchev–Trinajstić information content (AvgIpc) is 2.83. The van der Waals surface area contributed by atoms with Crippen LogP contribution in [0.2, 0.25) is 0 Å². The molecule has 0 saturated heterocycles. The second kappa shape index (κ2) is 5.68. The fourth-order valence-corrected chi connectivity index (χ4v) is 2.07. The first-order chi connectivity index (χ1) is 8.31. The van der Waals surface area contributed by atoms with Crippen molar-refractivity contribution in [3.05, 3.63) is 29.3 Å². The number of benzene rings is 1. The lowest BCUT2D eigenvalue weighted by atomic mass is 10.1. The lowest BCUT2D eigenvalue weighted by Crippen LogP contribution is -2.19. The Morgan fingerprint density at radius 1 is 1.53 bits per heavy atom. The molecule has 17 heavy (non-hydrogen) atoms. The van der Waals surface area contributed by atoms with Gasteiger partial charge in [0.15, 0.2) is 0 Å². The zero-order valence-electron chi connectivity index (χ0n) is 10.1. The Bertz CT molecular complexity index is 404. The number of hydrogen-bond donors (Lipinski definition) is 2. The molecule has 1 aliphatic rings. The van der Waals surface area contributed by atoms with Crippen LogP contribution in [0, 0.1) is 0 Å². The summed E-state index contributed by atoms with van der Waals surface area (Å²) in [6, 6.07) is 6.36. The van der Waals surface area contributed by atoms with Gasteiger partial charge in [-0.3, -0.25) is 4.79 Å². The van der Waals surface area contributed by atoms with Crippen LogP contribution in [0.15, 0.2) is 18.2 Å². The van der Waals surface area contributed by atoms with Gasteiger partial charge in [0, 0.05) is 25.3 Å². The summed E-state index contributed by atoms with van der Waals surface area (Å²) < 4.78 is 4.59. The summed E-state index contributed by atoms with van der Waals surface area (Å²) in [6.45, 7) is 2.46. The van der Waals surface area contributed by atoms with E-state index in [0.717, 1.165) is 19.5 Å². The third-order valence-electron chi connectivity index (χ3n) is 2.98. The van der Waals surface area contributed by atoms with Crippen molar-refractivity contribution in [2.24, 2.45) is 0 Å². The zero-order chi connectivity index (χ0) is 12.1. The highest BCUT2D eigenvalue weighted by atomic mass is 16.5. The smallest absolute Gasteiger partial charge is 0.306 e. The maximum absolute atomic E-state index is 10.9. The van der Waals surface area contributed by atoms with Crippen LogP contribution >= 0.6 is 0 Å². The number of rotatable bonds is 5. The molecule has 0 spiro atoms. The third kappa shape index (κ3) is 2.97. The standard InChI is InChI=1S/C13H18N2O2/c1-17-12(16)6-7-14-9-11-4-2-3-10-5-8-15-13(10)11/h2-4,14-15H,5-9H2,1H3. The zero-order valence-corrected chi connectivity index (χ0v) is 10.1. The molecule has 4 nitrogen and oxygen atoms in total. The Kier molecular flexibility index (Phi) is 3.98. The van der Waals surface area contributed by atoms with Crippen LogP contribution in [0.5, 0.6) is 0 Å². The van der Waals surface area contributed by atoms with Gasteiger partial charge in [0.2, 0.25) is 0 Å². The second-order valence-electron chi connectivity index (χ2n) is 4.13. The second-order valence-corrected chi connectivity index (χ2v) is 4.13. The monoisotopic (exact) mass is 234 g/mol. The van der Waals surface area contributed by atoms with Crippen molar-refractivity contribution in [3.63, 3.8) is 0 Å². The van der Waals surface area contributed by atoms with Crippen molar-refractivity contribution >= 4 is 11.7 Å². The number of ether oxygens (including phenoxy) is 1. The van der Waals surface area contributed by atoms with Gasteiger partial charge in [0.1, 0.15) is 0 Å². The van der Waals surface area contributed by atoms with Gasteiger partial charge in [-0.15, -0.1) is 0 Å². The van der Waals surface area contributed by atoms with E-state index in [4.69, 9.17) is 0 Å². The molecule has 0 saturated carbocycles. The number of fused-ring (bicyclic) bond motifs is 1. The number of nitrogens with one attached hydrogen (secondary N) is 2. The maximum Gasteiger partial charge on any atom is 0.306 e. The SMILES string of the molecule is COC(=O)CCNCc1cccc2c1NCC2. The van der Waals surface area contributed by atoms with Crippen LogP contribution in [0.1, 0.15) is 17.5 Å². The van der Waals surface area contributed by atoms with E-state index < -0.39 is 0 Å². The van der Waals surface area contributed by atoms with E-state index in [1.54, 1.807) is 0 Å². The largest absolute Gasteiger partial charge is 0.469 e. The van der Waals surface area contributed by atoms with E-state index in [0.29, 0.717) is 13.0 Å². The molecule has 2 N–H and O–H groups in total. The fraction of sp³-hybridized carbons (Fsp3) is 0.462. The average molecular weight is 234 g/mol. The van der Waals surface area contributed by atoms with Gasteiger partial charge in [0.25, 0.3) is 0 Å². The van der Waals surface area contributed by atoms with Crippen molar-refractivity contribution in [1.82, 2.24) is 5.32 Å². The molecule has 0 amide bonds. The van der Waals surface area contributed by atoms with Crippen molar-refractivity contribution < 1.29 is 9.53 Å². The molecule has 4 heteroatoms. The van der Waals surface area contributed by atoms with Crippen molar-refractivity contribution in [3.8, 4) is 0 Å². The maximum atomic E-state index is 10.9. The minimum atomic E-state index is -0.172. The Balaban J connectivity index is 1.83. The number of carbonyl (C=O) groups excluding carboxylic acids is 1. The Hall–Kier alpha value is -1.55. The Labute approximate surface area is 101 Å². The topological polar surface area (TPSA) is 50.4 Å². The van der Waals surface area contributed by atoms with Crippen LogP contribution in [-0.4, -0.2) is 26.2 Å². The summed E-state index contributed by atoms with van der Waals surface area (Å²) in [5, 5.41) is 6.65. The van der Waals surface area contributed by atoms with Gasteiger partial charge in [-0.05, 0) is 17.5 Å². The van der Waals surface area contributed by atoms with Crippen molar-refractivity contribution in [2.45, 2.75) is 19.4 Å². The van der Waals surface area contributed by atoms with Gasteiger partial charge >= 0.3 is 5.97 Å². The number of esters is 1. The molecule has 0 radical (unpaired) electrons. The number of anilines is 1. The molecule has 2 rings (SSSR count). The highest BCUT2D eigenvalue weighted by Crippen LogP contribution is 2.25. The summed E-state index contributed by atoms with van der Waals surface area (Å²) in [6.07, 6.45) is 1.52. The van der Waals surface area contributed by atoms with E-state index in [2.05, 4.69) is 33.6 Å². The first-order valence-electron chi connectivity index (χ1n) is 5.93. The molecular formula is C13H18N2O2. The van der Waals surface area contributed by atoms with Crippen LogP contribution in [0.3, 0.4) is 0 Å². The number of para-hydroxylation sites is 1. The van der Waals surface area contributed by atoms with E-state index in [9.17, 15) is 4.79 Å². The number of carbonyl (C=O) groups is 1. The Morgan fingerprint density at radius 2 is 2.41 bits per heavy atom. The molecule has 0 aliphatic carbocycles. The first-order valence-corrected chi connectivity index (χ1v) is 5.93. The molecule has 0 aromatic heterocycles. The molecule has 0 bridgehead atoms. The van der Waals surface area contributed by atoms with Crippen molar-refractivity contribution in [1.29, 1.82) is 0 Å². The van der Waals surface area contributed by atoms with Crippen LogP contribution < -0.4 is 10.6 Å². The Morgan fingerprint density at radius 3 is 3.24 bits per heavy atom. The molecule has 0 atom stereocenters. The molecule has 1 heterocycles. The molecule has 1 aromatic carbocycles. The van der Waals surface area contributed by atoms with E-state index in [1.165, 1.54) is 23.9 Å². The van der Waals surface area contributed by atoms with E-state index >= 15 is 0 Å². The van der Waals surface area contributed by atoms with E-state index in [-0.39, 0.29) is 5.97 Å². The molecule has 1 aromatic rings. The summed E-state index contributed by atoms with van der Waals surface area (Å²) in [4.78, 5) is 10.9. The predicted molar refractivity (Wildman–Crippen MR) is 67.0 cm³/mol. The lowest BCUT2D eigenvalue weighted by Gasteiger charge is -2.09. The van der Waals surface area contributed by atoms with Gasteiger partial charge in [-0.2, -0.15) is 0 Å². The highest BCUT2D eigenvalue weighted by molar-refractivity contribution is 5.69. The number of methoxy groups -OCH3 is 1. The molecule has 0 fully saturated rings. The minimum Gasteiger partial charge on any atom is -0.469 e. The van der Waals surface area contributed by atoms with Gasteiger partial charge in [0.05, 0.1) is 13.5 Å². The molecular weight excluding hydrogens is 216 g/mol. The molecule has 0 unspecified atom stereocenters. The summed E-state index contributed by atoms with van der Waals surface area (Å²) in [5.41, 5.74) is 3.92. The quantitative estimate of drug-likeness (QED) is 0.595. The highest BCUT2D eigenvalue weighted by Gasteiger charge is 2.12. The fourth-order valence-electron chi connectivity index (χ4n) is 2.07. The number of hydrogen-bond acceptors (Lipinski definition) is 4. The normalized spacial score (nSPS) is 13.0. The van der Waals surface area contributed by atoms with Crippen LogP contribution in [-0.2, 0) is 22.5 Å². The summed E-state index contributed by atoms with van der Waals surface area (Å²) in [5.74, 6) is -0.172. The molecule has 92 valence electrons.